The van der Waals surface area contributed by atoms with Crippen molar-refractivity contribution in [2.24, 2.45) is 0 Å². The molecule has 0 fully saturated rings. The Morgan fingerprint density at radius 2 is 0.397 bits per heavy atom. The van der Waals surface area contributed by atoms with Crippen LogP contribution in [0.4, 0.5) is 0 Å². The smallest absolute Gasteiger partial charge is 0.150 e. The predicted octanol–water partition coefficient (Wildman–Crippen LogP) is 13.4. The quantitative estimate of drug-likeness (QED) is 0.115. The number of rotatable bonds is 8. The Bertz CT molecular complexity index is 2860. The van der Waals surface area contributed by atoms with E-state index in [2.05, 4.69) is 72.8 Å². The number of aldehydes is 4. The van der Waals surface area contributed by atoms with Crippen molar-refractivity contribution in [1.29, 1.82) is 0 Å². The van der Waals surface area contributed by atoms with Gasteiger partial charge in [0.25, 0.3) is 0 Å². The largest absolute Gasteiger partial charge is 0.298 e. The summed E-state index contributed by atoms with van der Waals surface area (Å²) >= 11 is 0. The maximum Gasteiger partial charge on any atom is 0.150 e. The summed E-state index contributed by atoms with van der Waals surface area (Å²) in [7, 11) is 0. The van der Waals surface area contributed by atoms with Gasteiger partial charge in [0.05, 0.1) is 0 Å². The average Bonchev–Trinajstić information content (AvgIpc) is 3.30. The van der Waals surface area contributed by atoms with Crippen molar-refractivity contribution in [2.75, 3.05) is 0 Å². The van der Waals surface area contributed by atoms with Crippen LogP contribution in [0.3, 0.4) is 0 Å². The van der Waals surface area contributed by atoms with Crippen molar-refractivity contribution in [3.8, 4) is 44.5 Å². The molecule has 0 bridgehead atoms. The minimum atomic E-state index is 0.625. The van der Waals surface area contributed by atoms with Crippen LogP contribution in [0.15, 0.2) is 170 Å². The molecule has 0 atom stereocenters. The third-order valence-electron chi connectivity index (χ3n) is 11.5. The lowest BCUT2D eigenvalue weighted by Crippen LogP contribution is -1.92. The zero-order chi connectivity index (χ0) is 39.3. The Balaban J connectivity index is 1.38. The molecular formula is C54H32O4. The van der Waals surface area contributed by atoms with E-state index >= 15 is 0 Å². The first-order valence-electron chi connectivity index (χ1n) is 19.1. The second kappa shape index (κ2) is 14.0. The number of fused-ring (bicyclic) bond motifs is 11. The number of benzene rings is 10. The van der Waals surface area contributed by atoms with Gasteiger partial charge in [0.15, 0.2) is 0 Å². The van der Waals surface area contributed by atoms with Gasteiger partial charge in [0, 0.05) is 22.3 Å². The van der Waals surface area contributed by atoms with Gasteiger partial charge in [-0.3, -0.25) is 19.2 Å². The zero-order valence-electron chi connectivity index (χ0n) is 31.1. The van der Waals surface area contributed by atoms with Crippen molar-refractivity contribution >= 4 is 79.0 Å². The molecule has 0 spiro atoms. The van der Waals surface area contributed by atoms with E-state index in [0.717, 1.165) is 124 Å². The molecule has 0 amide bonds. The molecule has 4 heteroatoms. The van der Waals surface area contributed by atoms with Gasteiger partial charge in [-0.2, -0.15) is 0 Å². The molecule has 58 heavy (non-hydrogen) atoms. The Morgan fingerprint density at radius 3 is 0.586 bits per heavy atom. The van der Waals surface area contributed by atoms with E-state index in [1.165, 1.54) is 0 Å². The molecular weight excluding hydrogens is 713 g/mol. The van der Waals surface area contributed by atoms with Crippen LogP contribution >= 0.6 is 0 Å². The van der Waals surface area contributed by atoms with E-state index in [-0.39, 0.29) is 0 Å². The Morgan fingerprint density at radius 1 is 0.207 bits per heavy atom. The summed E-state index contributed by atoms with van der Waals surface area (Å²) in [4.78, 5) is 46.1. The average molecular weight is 745 g/mol. The molecule has 10 aromatic rings. The normalized spacial score (nSPS) is 11.4. The summed E-state index contributed by atoms with van der Waals surface area (Å²) < 4.78 is 0. The molecule has 4 nitrogen and oxygen atoms in total. The van der Waals surface area contributed by atoms with Gasteiger partial charge in [-0.05, 0) is 123 Å². The summed E-state index contributed by atoms with van der Waals surface area (Å²) in [6.45, 7) is 0. The van der Waals surface area contributed by atoms with Crippen LogP contribution < -0.4 is 0 Å². The van der Waals surface area contributed by atoms with Crippen molar-refractivity contribution in [1.82, 2.24) is 0 Å². The van der Waals surface area contributed by atoms with E-state index < -0.39 is 0 Å². The highest BCUT2D eigenvalue weighted by Crippen LogP contribution is 2.47. The lowest BCUT2D eigenvalue weighted by molar-refractivity contribution is 0.111. The second-order valence-electron chi connectivity index (χ2n) is 14.8. The molecule has 0 unspecified atom stereocenters. The zero-order valence-corrected chi connectivity index (χ0v) is 31.1. The van der Waals surface area contributed by atoms with Gasteiger partial charge in [-0.15, -0.1) is 0 Å². The molecule has 0 aliphatic carbocycles. The van der Waals surface area contributed by atoms with Crippen LogP contribution in [0.25, 0.3) is 98.4 Å². The third-order valence-corrected chi connectivity index (χ3v) is 11.5. The summed E-state index contributed by atoms with van der Waals surface area (Å²) in [6.07, 6.45) is 3.45. The van der Waals surface area contributed by atoms with Crippen molar-refractivity contribution in [3.05, 3.63) is 192 Å². The highest BCUT2D eigenvalue weighted by atomic mass is 16.1. The van der Waals surface area contributed by atoms with Crippen molar-refractivity contribution in [2.45, 2.75) is 0 Å². The van der Waals surface area contributed by atoms with Gasteiger partial charge in [-0.25, -0.2) is 0 Å². The third kappa shape index (κ3) is 5.78. The first-order valence-corrected chi connectivity index (χ1v) is 19.1. The van der Waals surface area contributed by atoms with E-state index in [4.69, 9.17) is 0 Å². The molecule has 10 aromatic carbocycles. The molecule has 0 saturated carbocycles. The fraction of sp³-hybridized carbons (Fsp3) is 0. The second-order valence-corrected chi connectivity index (χ2v) is 14.8. The Labute approximate surface area is 333 Å². The standard InChI is InChI=1S/C54H32O4/c55-29-33-1-9-37(10-2-33)41-17-21-45-46-22-18-43(39-13-5-35(31-57)6-14-39)27-51(46)54-52-28-44(40-15-7-36(32-58)8-16-40)20-24-48(52)47-23-19-42(26-50(47)53(54)49(45)25-41)38-11-3-34(30-56)4-12-38/h1-32H. The topological polar surface area (TPSA) is 68.3 Å². The van der Waals surface area contributed by atoms with Crippen molar-refractivity contribution < 1.29 is 19.2 Å². The Hall–Kier alpha value is -7.82. The molecule has 0 N–H and O–H groups in total. The lowest BCUT2D eigenvalue weighted by Gasteiger charge is -2.19. The molecule has 0 saturated heterocycles. The fourth-order valence-electron chi connectivity index (χ4n) is 8.51. The van der Waals surface area contributed by atoms with E-state index in [1.807, 2.05) is 97.1 Å². The van der Waals surface area contributed by atoms with E-state index in [9.17, 15) is 19.2 Å². The molecule has 10 rings (SSSR count). The van der Waals surface area contributed by atoms with E-state index in [1.54, 1.807) is 0 Å². The van der Waals surface area contributed by atoms with Gasteiger partial charge >= 0.3 is 0 Å². The van der Waals surface area contributed by atoms with Gasteiger partial charge in [0.2, 0.25) is 0 Å². The minimum Gasteiger partial charge on any atom is -0.298 e. The number of carbonyl (C=O) groups is 4. The van der Waals surface area contributed by atoms with Crippen molar-refractivity contribution in [3.63, 3.8) is 0 Å². The number of hydrogen-bond acceptors (Lipinski definition) is 4. The lowest BCUT2D eigenvalue weighted by atomic mass is 9.84. The van der Waals surface area contributed by atoms with Gasteiger partial charge in [0.1, 0.15) is 25.1 Å². The molecule has 272 valence electrons. The molecule has 0 aromatic heterocycles. The maximum atomic E-state index is 11.5. The fourth-order valence-corrected chi connectivity index (χ4v) is 8.51. The molecule has 0 aliphatic heterocycles. The highest BCUT2D eigenvalue weighted by molar-refractivity contribution is 6.40. The minimum absolute atomic E-state index is 0.625. The predicted molar refractivity (Wildman–Crippen MR) is 237 cm³/mol. The molecule has 0 heterocycles. The van der Waals surface area contributed by atoms with Crippen LogP contribution in [0, 0.1) is 0 Å². The molecule has 0 aliphatic rings. The molecule has 0 radical (unpaired) electrons. The van der Waals surface area contributed by atoms with Gasteiger partial charge in [-0.1, -0.05) is 146 Å². The first kappa shape index (κ1) is 34.7. The van der Waals surface area contributed by atoms with E-state index in [0.29, 0.717) is 22.3 Å². The van der Waals surface area contributed by atoms with Crippen LogP contribution in [-0.4, -0.2) is 25.1 Å². The number of hydrogen-bond donors (Lipinski definition) is 0. The summed E-state index contributed by atoms with van der Waals surface area (Å²) in [5, 5.41) is 11.1. The van der Waals surface area contributed by atoms with Crippen LogP contribution in [0.1, 0.15) is 41.4 Å². The summed E-state index contributed by atoms with van der Waals surface area (Å²) in [5.41, 5.74) is 10.7. The first-order chi connectivity index (χ1) is 28.5. The van der Waals surface area contributed by atoms with Crippen LogP contribution in [0.2, 0.25) is 0 Å². The maximum absolute atomic E-state index is 11.5. The van der Waals surface area contributed by atoms with Crippen LogP contribution in [-0.2, 0) is 0 Å². The van der Waals surface area contributed by atoms with Gasteiger partial charge < -0.3 is 0 Å². The number of carbonyl (C=O) groups excluding carboxylic acids is 4. The summed E-state index contributed by atoms with van der Waals surface area (Å²) in [5.74, 6) is 0. The SMILES string of the molecule is O=Cc1ccc(-c2ccc3c4ccc(-c5ccc(C=O)cc5)cc4c4c5cc(-c6ccc(C=O)cc6)ccc5c5ccc(-c6ccc(C=O)cc6)cc5c4c3c2)cc1. The monoisotopic (exact) mass is 744 g/mol. The highest BCUT2D eigenvalue weighted by Gasteiger charge is 2.19. The van der Waals surface area contributed by atoms with Crippen LogP contribution in [0.5, 0.6) is 0 Å². The Kier molecular flexibility index (Phi) is 8.39. The summed E-state index contributed by atoms with van der Waals surface area (Å²) in [6, 6.07) is 57.3.